The predicted octanol–water partition coefficient (Wildman–Crippen LogP) is 3.33. The minimum atomic E-state index is -0.000538. The van der Waals surface area contributed by atoms with Crippen molar-refractivity contribution < 1.29 is 14.3 Å². The zero-order chi connectivity index (χ0) is 19.7. The zero-order valence-electron chi connectivity index (χ0n) is 16.7. The van der Waals surface area contributed by atoms with Gasteiger partial charge in [0.1, 0.15) is 6.10 Å². The highest BCUT2D eigenvalue weighted by molar-refractivity contribution is 5.60. The molecule has 1 amide bonds. The number of fused-ring (bicyclic) bond motifs is 3. The van der Waals surface area contributed by atoms with E-state index in [0.29, 0.717) is 5.92 Å². The molecule has 5 nitrogen and oxygen atoms in total. The maximum atomic E-state index is 8.58. The lowest BCUT2D eigenvalue weighted by molar-refractivity contribution is -0.106. The van der Waals surface area contributed by atoms with Crippen LogP contribution in [0.4, 0.5) is 0 Å². The van der Waals surface area contributed by atoms with Crippen molar-refractivity contribution in [2.75, 3.05) is 14.2 Å². The van der Waals surface area contributed by atoms with Gasteiger partial charge in [-0.25, -0.2) is 0 Å². The van der Waals surface area contributed by atoms with Crippen molar-refractivity contribution >= 4 is 6.41 Å². The van der Waals surface area contributed by atoms with E-state index >= 15 is 0 Å². The number of amides is 1. The molecule has 0 aromatic heterocycles. The fourth-order valence-electron chi connectivity index (χ4n) is 3.74. The fourth-order valence-corrected chi connectivity index (χ4v) is 3.74. The average Bonchev–Trinajstić information content (AvgIpc) is 2.95. The van der Waals surface area contributed by atoms with Gasteiger partial charge in [-0.15, -0.1) is 0 Å². The number of ether oxygens (including phenoxy) is 2. The van der Waals surface area contributed by atoms with Crippen molar-refractivity contribution in [1.82, 2.24) is 0 Å². The number of benzene rings is 1. The van der Waals surface area contributed by atoms with Gasteiger partial charge >= 0.3 is 0 Å². The lowest BCUT2D eigenvalue weighted by Crippen LogP contribution is -2.37. The number of allylic oxidation sites excluding steroid dienone is 1. The van der Waals surface area contributed by atoms with Gasteiger partial charge < -0.3 is 20.9 Å². The molecule has 0 saturated heterocycles. The van der Waals surface area contributed by atoms with Crippen LogP contribution in [0.1, 0.15) is 51.2 Å². The molecule has 0 fully saturated rings. The Hall–Kier alpha value is -2.01. The summed E-state index contributed by atoms with van der Waals surface area (Å²) < 4.78 is 11.9. The molecular formula is C21H34N2O3. The topological polar surface area (TPSA) is 87.6 Å². The van der Waals surface area contributed by atoms with Crippen molar-refractivity contribution in [3.63, 3.8) is 0 Å². The Labute approximate surface area is 157 Å². The summed E-state index contributed by atoms with van der Waals surface area (Å²) in [6, 6.07) is 4.30. The largest absolute Gasteiger partial charge is 0.493 e. The third-order valence-corrected chi connectivity index (χ3v) is 5.05. The molecule has 0 saturated carbocycles. The first kappa shape index (κ1) is 22.0. The summed E-state index contributed by atoms with van der Waals surface area (Å²) in [6.45, 7) is 6.82. The van der Waals surface area contributed by atoms with Crippen molar-refractivity contribution in [1.29, 1.82) is 0 Å². The van der Waals surface area contributed by atoms with Crippen LogP contribution < -0.4 is 20.9 Å². The molecule has 0 radical (unpaired) electrons. The smallest absolute Gasteiger partial charge is 0.204 e. The first-order valence-corrected chi connectivity index (χ1v) is 9.31. The van der Waals surface area contributed by atoms with Crippen LogP contribution in [0.25, 0.3) is 0 Å². The molecule has 0 bridgehead atoms. The molecule has 1 aliphatic carbocycles. The Kier molecular flexibility index (Phi) is 8.66. The highest BCUT2D eigenvalue weighted by Crippen LogP contribution is 2.53. The van der Waals surface area contributed by atoms with Gasteiger partial charge in [-0.05, 0) is 50.8 Å². The van der Waals surface area contributed by atoms with E-state index in [4.69, 9.17) is 14.3 Å². The average molecular weight is 363 g/mol. The SMILES string of the molecule is CCCCc1ccc(OC)c2c1[C@]1(C)C=CC(C)C[C@@H]1O2.CN.NC=O. The molecule has 1 heterocycles. The fraction of sp³-hybridized carbons (Fsp3) is 0.571. The normalized spacial score (nSPS) is 24.7. The van der Waals surface area contributed by atoms with E-state index in [1.54, 1.807) is 7.11 Å². The number of methoxy groups -OCH3 is 1. The molecule has 3 rings (SSSR count). The number of aryl methyl sites for hydroxylation is 1. The zero-order valence-corrected chi connectivity index (χ0v) is 16.7. The Bertz CT molecular complexity index is 616. The van der Waals surface area contributed by atoms with Crippen LogP contribution in [0.2, 0.25) is 0 Å². The molecule has 3 atom stereocenters. The first-order chi connectivity index (χ1) is 12.5. The van der Waals surface area contributed by atoms with Gasteiger partial charge in [0.25, 0.3) is 0 Å². The Balaban J connectivity index is 0.000000615. The molecule has 26 heavy (non-hydrogen) atoms. The van der Waals surface area contributed by atoms with E-state index in [1.165, 1.54) is 31.0 Å². The summed E-state index contributed by atoms with van der Waals surface area (Å²) in [7, 11) is 3.23. The van der Waals surface area contributed by atoms with E-state index in [0.717, 1.165) is 24.3 Å². The molecule has 5 heteroatoms. The minimum absolute atomic E-state index is 0.000538. The summed E-state index contributed by atoms with van der Waals surface area (Å²) in [5.41, 5.74) is 11.5. The van der Waals surface area contributed by atoms with Gasteiger partial charge in [-0.3, -0.25) is 4.79 Å². The molecule has 1 aliphatic heterocycles. The summed E-state index contributed by atoms with van der Waals surface area (Å²) in [4.78, 5) is 8.58. The third-order valence-electron chi connectivity index (χ3n) is 5.05. The Morgan fingerprint density at radius 2 is 2.04 bits per heavy atom. The van der Waals surface area contributed by atoms with Gasteiger partial charge in [0.05, 0.1) is 12.5 Å². The number of nitrogens with two attached hydrogens (primary N) is 2. The van der Waals surface area contributed by atoms with Gasteiger partial charge in [0, 0.05) is 5.56 Å². The molecule has 1 unspecified atom stereocenters. The van der Waals surface area contributed by atoms with Crippen LogP contribution in [-0.4, -0.2) is 26.7 Å². The van der Waals surface area contributed by atoms with Gasteiger partial charge in [0.2, 0.25) is 6.41 Å². The summed E-state index contributed by atoms with van der Waals surface area (Å²) in [5, 5.41) is 0. The number of hydrogen-bond donors (Lipinski definition) is 2. The van der Waals surface area contributed by atoms with Gasteiger partial charge in [0.15, 0.2) is 11.5 Å². The third kappa shape index (κ3) is 4.39. The number of unbranched alkanes of at least 4 members (excludes halogenated alkanes) is 1. The maximum Gasteiger partial charge on any atom is 0.204 e. The number of hydrogen-bond acceptors (Lipinski definition) is 4. The van der Waals surface area contributed by atoms with Crippen LogP contribution in [-0.2, 0) is 16.6 Å². The van der Waals surface area contributed by atoms with Crippen LogP contribution in [0.5, 0.6) is 11.5 Å². The van der Waals surface area contributed by atoms with Crippen molar-refractivity contribution in [3.8, 4) is 11.5 Å². The van der Waals surface area contributed by atoms with Crippen LogP contribution in [0, 0.1) is 5.92 Å². The number of primary amides is 1. The summed E-state index contributed by atoms with van der Waals surface area (Å²) in [5.74, 6) is 2.45. The lowest BCUT2D eigenvalue weighted by Gasteiger charge is -2.33. The van der Waals surface area contributed by atoms with Gasteiger partial charge in [-0.2, -0.15) is 0 Å². The highest BCUT2D eigenvalue weighted by Gasteiger charge is 2.48. The maximum absolute atomic E-state index is 8.58. The molecule has 2 aliphatic rings. The second-order valence-electron chi connectivity index (χ2n) is 6.83. The molecule has 146 valence electrons. The number of carbonyl (C=O) groups excluding carboxylic acids is 1. The number of carbonyl (C=O) groups is 1. The van der Waals surface area contributed by atoms with E-state index in [2.05, 4.69) is 56.5 Å². The molecule has 4 N–H and O–H groups in total. The summed E-state index contributed by atoms with van der Waals surface area (Å²) in [6.07, 6.45) is 9.85. The lowest BCUT2D eigenvalue weighted by atomic mass is 9.70. The summed E-state index contributed by atoms with van der Waals surface area (Å²) >= 11 is 0. The molecule has 1 aromatic rings. The van der Waals surface area contributed by atoms with Crippen LogP contribution in [0.3, 0.4) is 0 Å². The minimum Gasteiger partial charge on any atom is -0.493 e. The Morgan fingerprint density at radius 3 is 2.62 bits per heavy atom. The highest BCUT2D eigenvalue weighted by atomic mass is 16.5. The second kappa shape index (κ2) is 10.2. The Morgan fingerprint density at radius 1 is 1.38 bits per heavy atom. The van der Waals surface area contributed by atoms with Gasteiger partial charge in [-0.1, -0.05) is 38.5 Å². The standard InChI is InChI=1S/C19H26O2.CH3NO.CH5N/c1-5-6-7-14-8-9-15(20-4)18-17(14)19(3)11-10-13(2)12-16(19)21-18;2-1-3;1-2/h8-11,13,16H,5-7,12H2,1-4H3;1H,(H2,2,3);2H2,1H3/t13?,16-,19+;;/m0../s1. The van der Waals surface area contributed by atoms with E-state index in [-0.39, 0.29) is 17.9 Å². The molecule has 0 spiro atoms. The first-order valence-electron chi connectivity index (χ1n) is 9.31. The van der Waals surface area contributed by atoms with Crippen molar-refractivity contribution in [3.05, 3.63) is 35.4 Å². The van der Waals surface area contributed by atoms with Crippen molar-refractivity contribution in [2.24, 2.45) is 17.4 Å². The van der Waals surface area contributed by atoms with Crippen LogP contribution >= 0.6 is 0 Å². The molecular weight excluding hydrogens is 328 g/mol. The second-order valence-corrected chi connectivity index (χ2v) is 6.83. The predicted molar refractivity (Wildman–Crippen MR) is 107 cm³/mol. The van der Waals surface area contributed by atoms with Crippen LogP contribution in [0.15, 0.2) is 24.3 Å². The van der Waals surface area contributed by atoms with Crippen molar-refractivity contribution in [2.45, 2.75) is 58.0 Å². The monoisotopic (exact) mass is 362 g/mol. The van der Waals surface area contributed by atoms with E-state index in [1.807, 2.05) is 0 Å². The van der Waals surface area contributed by atoms with E-state index in [9.17, 15) is 0 Å². The molecule has 1 aromatic carbocycles. The van der Waals surface area contributed by atoms with E-state index < -0.39 is 0 Å². The quantitative estimate of drug-likeness (QED) is 0.635. The number of rotatable bonds is 4.